The molecule has 5 aromatic rings. The van der Waals surface area contributed by atoms with Crippen LogP contribution in [0.15, 0.2) is 76.4 Å². The molecule has 11 heteroatoms. The number of fused-ring (bicyclic) bond motifs is 3. The summed E-state index contributed by atoms with van der Waals surface area (Å²) >= 11 is 3.52. The van der Waals surface area contributed by atoms with Gasteiger partial charge in [0.2, 0.25) is 5.78 Å². The maximum atomic E-state index is 12.9. The third kappa shape index (κ3) is 6.56. The quantitative estimate of drug-likeness (QED) is 0.225. The lowest BCUT2D eigenvalue weighted by Gasteiger charge is -2.33. The summed E-state index contributed by atoms with van der Waals surface area (Å²) in [5, 5.41) is 0. The number of benzene rings is 2. The highest BCUT2D eigenvalue weighted by Crippen LogP contribution is 2.24. The van der Waals surface area contributed by atoms with Gasteiger partial charge >= 0.3 is 6.09 Å². The van der Waals surface area contributed by atoms with Crippen LogP contribution in [0, 0.1) is 5.92 Å². The zero-order valence-electron chi connectivity index (χ0n) is 24.4. The van der Waals surface area contributed by atoms with Crippen molar-refractivity contribution in [3.63, 3.8) is 0 Å². The summed E-state index contributed by atoms with van der Waals surface area (Å²) in [4.78, 5) is 40.8. The SMILES string of the molecule is CC(C)(C)OC(=O)N1CCC(COc2cnc(-c3cccc(Cn4c(=O)ccn5c6cc(Br)ccc6nc45)c3)nc2)CC1. The van der Waals surface area contributed by atoms with Crippen molar-refractivity contribution in [2.75, 3.05) is 19.7 Å². The summed E-state index contributed by atoms with van der Waals surface area (Å²) in [5.41, 5.74) is 2.90. The van der Waals surface area contributed by atoms with Gasteiger partial charge in [-0.3, -0.25) is 13.8 Å². The highest BCUT2D eigenvalue weighted by Gasteiger charge is 2.27. The second-order valence-corrected chi connectivity index (χ2v) is 12.7. The van der Waals surface area contributed by atoms with E-state index in [1.165, 1.54) is 0 Å². The fourth-order valence-corrected chi connectivity index (χ4v) is 5.57. The Bertz CT molecular complexity index is 1840. The number of likely N-dealkylation sites (tertiary alicyclic amines) is 1. The van der Waals surface area contributed by atoms with Gasteiger partial charge in [-0.05, 0) is 69.4 Å². The molecule has 4 heterocycles. The fourth-order valence-electron chi connectivity index (χ4n) is 5.22. The molecule has 0 N–H and O–H groups in total. The van der Waals surface area contributed by atoms with Crippen molar-refractivity contribution in [3.05, 3.63) is 87.5 Å². The van der Waals surface area contributed by atoms with Gasteiger partial charge < -0.3 is 14.4 Å². The number of ether oxygens (including phenoxy) is 2. The summed E-state index contributed by atoms with van der Waals surface area (Å²) < 4.78 is 16.0. The molecule has 1 aliphatic rings. The molecule has 0 saturated carbocycles. The van der Waals surface area contributed by atoms with Crippen molar-refractivity contribution in [3.8, 4) is 17.1 Å². The minimum Gasteiger partial charge on any atom is -0.490 e. The molecular formula is C32H33BrN6O4. The lowest BCUT2D eigenvalue weighted by atomic mass is 9.98. The molecule has 0 unspecified atom stereocenters. The minimum absolute atomic E-state index is 0.124. The van der Waals surface area contributed by atoms with Crippen LogP contribution < -0.4 is 10.3 Å². The molecule has 43 heavy (non-hydrogen) atoms. The molecule has 222 valence electrons. The zero-order chi connectivity index (χ0) is 30.1. The first-order chi connectivity index (χ1) is 20.6. The first-order valence-electron chi connectivity index (χ1n) is 14.3. The van der Waals surface area contributed by atoms with E-state index < -0.39 is 5.60 Å². The Labute approximate surface area is 257 Å². The van der Waals surface area contributed by atoms with Crippen molar-refractivity contribution in [1.29, 1.82) is 0 Å². The summed E-state index contributed by atoms with van der Waals surface area (Å²) in [7, 11) is 0. The van der Waals surface area contributed by atoms with Crippen LogP contribution in [0.5, 0.6) is 5.75 Å². The van der Waals surface area contributed by atoms with Crippen LogP contribution in [0.3, 0.4) is 0 Å². The number of carbonyl (C=O) groups is 1. The highest BCUT2D eigenvalue weighted by molar-refractivity contribution is 9.10. The van der Waals surface area contributed by atoms with Crippen molar-refractivity contribution in [1.82, 2.24) is 28.8 Å². The van der Waals surface area contributed by atoms with Crippen LogP contribution in [0.25, 0.3) is 28.2 Å². The third-order valence-corrected chi connectivity index (χ3v) is 7.91. The number of amides is 1. The Balaban J connectivity index is 1.10. The Kier molecular flexibility index (Phi) is 7.91. The van der Waals surface area contributed by atoms with Gasteiger partial charge in [0, 0.05) is 35.4 Å². The maximum Gasteiger partial charge on any atom is 0.410 e. The standard InChI is InChI=1S/C32H33BrN6O4/c1-32(2,3)43-31(41)37-12-9-21(10-13-37)20-42-25-17-34-29(35-18-25)23-6-4-5-22(15-23)19-39-28(40)11-14-38-27-16-24(33)7-8-26(27)36-30(38)39/h4-8,11,14-18,21H,9-10,12-13,19-20H2,1-3H3. The van der Waals surface area contributed by atoms with Crippen molar-refractivity contribution >= 4 is 38.8 Å². The molecule has 0 spiro atoms. The first kappa shape index (κ1) is 28.9. The zero-order valence-corrected chi connectivity index (χ0v) is 26.0. The van der Waals surface area contributed by atoms with Gasteiger partial charge in [-0.25, -0.2) is 19.7 Å². The average molecular weight is 646 g/mol. The second kappa shape index (κ2) is 11.8. The molecule has 2 aromatic carbocycles. The molecule has 1 aliphatic heterocycles. The van der Waals surface area contributed by atoms with Gasteiger partial charge in [-0.2, -0.15) is 0 Å². The van der Waals surface area contributed by atoms with Crippen LogP contribution in [0.2, 0.25) is 0 Å². The van der Waals surface area contributed by atoms with Crippen LogP contribution >= 0.6 is 15.9 Å². The number of halogens is 1. The number of aromatic nitrogens is 5. The number of piperidine rings is 1. The summed E-state index contributed by atoms with van der Waals surface area (Å²) in [5.74, 6) is 2.10. The summed E-state index contributed by atoms with van der Waals surface area (Å²) in [6.45, 7) is 7.84. The predicted molar refractivity (Wildman–Crippen MR) is 167 cm³/mol. The third-order valence-electron chi connectivity index (χ3n) is 7.41. The van der Waals surface area contributed by atoms with Crippen molar-refractivity contribution in [2.45, 2.75) is 45.8 Å². The Morgan fingerprint density at radius 3 is 2.56 bits per heavy atom. The molecule has 1 saturated heterocycles. The number of hydrogen-bond acceptors (Lipinski definition) is 7. The lowest BCUT2D eigenvalue weighted by molar-refractivity contribution is 0.0165. The number of imidazole rings is 1. The van der Waals surface area contributed by atoms with E-state index >= 15 is 0 Å². The van der Waals surface area contributed by atoms with Gasteiger partial charge in [0.1, 0.15) is 5.60 Å². The van der Waals surface area contributed by atoms with E-state index in [1.807, 2.05) is 67.6 Å². The van der Waals surface area contributed by atoms with Crippen molar-refractivity contribution < 1.29 is 14.3 Å². The van der Waals surface area contributed by atoms with Gasteiger partial charge in [0.05, 0.1) is 36.6 Å². The van der Waals surface area contributed by atoms with E-state index in [2.05, 4.69) is 25.9 Å². The van der Waals surface area contributed by atoms with Crippen LogP contribution in [-0.2, 0) is 11.3 Å². The average Bonchev–Trinajstić information content (AvgIpc) is 3.35. The van der Waals surface area contributed by atoms with Crippen LogP contribution in [-0.4, -0.2) is 60.2 Å². The van der Waals surface area contributed by atoms with Crippen LogP contribution in [0.4, 0.5) is 4.79 Å². The number of hydrogen-bond donors (Lipinski definition) is 0. The topological polar surface area (TPSA) is 104 Å². The summed E-state index contributed by atoms with van der Waals surface area (Å²) in [6, 6.07) is 15.3. The van der Waals surface area contributed by atoms with E-state index in [1.54, 1.807) is 34.1 Å². The Morgan fingerprint density at radius 2 is 1.81 bits per heavy atom. The van der Waals surface area contributed by atoms with E-state index in [0.29, 0.717) is 49.5 Å². The normalized spacial score (nSPS) is 14.4. The lowest BCUT2D eigenvalue weighted by Crippen LogP contribution is -2.42. The monoisotopic (exact) mass is 644 g/mol. The molecule has 10 nitrogen and oxygen atoms in total. The molecule has 6 rings (SSSR count). The van der Waals surface area contributed by atoms with E-state index in [-0.39, 0.29) is 11.7 Å². The smallest absolute Gasteiger partial charge is 0.410 e. The highest BCUT2D eigenvalue weighted by atomic mass is 79.9. The maximum absolute atomic E-state index is 12.9. The van der Waals surface area contributed by atoms with Crippen LogP contribution in [0.1, 0.15) is 39.2 Å². The first-order valence-corrected chi connectivity index (χ1v) is 15.1. The molecule has 1 amide bonds. The molecule has 0 atom stereocenters. The van der Waals surface area contributed by atoms with E-state index in [4.69, 9.17) is 14.5 Å². The van der Waals surface area contributed by atoms with Gasteiger partial charge in [-0.15, -0.1) is 0 Å². The molecular weight excluding hydrogens is 612 g/mol. The molecule has 0 aliphatic carbocycles. The van der Waals surface area contributed by atoms with Gasteiger partial charge in [0.25, 0.3) is 5.56 Å². The second-order valence-electron chi connectivity index (χ2n) is 11.8. The number of carbonyl (C=O) groups excluding carboxylic acids is 1. The molecule has 3 aromatic heterocycles. The Morgan fingerprint density at radius 1 is 1.05 bits per heavy atom. The fraction of sp³-hybridized carbons (Fsp3) is 0.344. The number of rotatable bonds is 6. The van der Waals surface area contributed by atoms with Crippen molar-refractivity contribution in [2.24, 2.45) is 5.92 Å². The number of nitrogens with zero attached hydrogens (tertiary/aromatic N) is 6. The minimum atomic E-state index is -0.494. The van der Waals surface area contributed by atoms with E-state index in [9.17, 15) is 9.59 Å². The Hall–Kier alpha value is -4.25. The molecule has 0 bridgehead atoms. The van der Waals surface area contributed by atoms with E-state index in [0.717, 1.165) is 39.5 Å². The van der Waals surface area contributed by atoms with Gasteiger partial charge in [0.15, 0.2) is 11.6 Å². The molecule has 0 radical (unpaired) electrons. The largest absolute Gasteiger partial charge is 0.490 e. The summed E-state index contributed by atoms with van der Waals surface area (Å²) in [6.07, 6.45) is 6.58. The van der Waals surface area contributed by atoms with Gasteiger partial charge in [-0.1, -0.05) is 34.1 Å². The molecule has 1 fully saturated rings. The predicted octanol–water partition coefficient (Wildman–Crippen LogP) is 5.94.